The molecule has 6 rings (SSSR count). The van der Waals surface area contributed by atoms with Crippen LogP contribution in [0.25, 0.3) is 30.3 Å². The number of nitrogens with one attached hydrogen (secondary N) is 8. The van der Waals surface area contributed by atoms with Crippen molar-refractivity contribution < 1.29 is 63.0 Å². The molecule has 0 saturated carbocycles. The van der Waals surface area contributed by atoms with Crippen molar-refractivity contribution in [1.82, 2.24) is 42.5 Å². The number of thiophene rings is 3. The Bertz CT molecular complexity index is 3240. The summed E-state index contributed by atoms with van der Waals surface area (Å²) in [6.07, 6.45) is -1.86. The molecule has 3 heterocycles. The van der Waals surface area contributed by atoms with Gasteiger partial charge in [0.05, 0.1) is 13.0 Å². The predicted octanol–water partition coefficient (Wildman–Crippen LogP) is 3.42. The van der Waals surface area contributed by atoms with Gasteiger partial charge in [0.15, 0.2) is 0 Å². The van der Waals surface area contributed by atoms with Crippen molar-refractivity contribution in [3.8, 4) is 0 Å². The first kappa shape index (κ1) is 62.9. The van der Waals surface area contributed by atoms with Gasteiger partial charge in [-0.15, -0.1) is 34.0 Å². The van der Waals surface area contributed by atoms with Crippen LogP contribution in [0.3, 0.4) is 0 Å². The van der Waals surface area contributed by atoms with Crippen molar-refractivity contribution in [1.29, 1.82) is 0 Å². The zero-order valence-corrected chi connectivity index (χ0v) is 48.2. The molecule has 0 aliphatic rings. The highest BCUT2D eigenvalue weighted by Crippen LogP contribution is 2.29. The molecule has 9 amide bonds. The van der Waals surface area contributed by atoms with Crippen molar-refractivity contribution in [2.45, 2.75) is 122 Å². The largest absolute Gasteiger partial charge is 0.481 e. The Balaban J connectivity index is 1.18. The molecule has 0 fully saturated rings. The molecule has 3 aromatic heterocycles. The Hall–Kier alpha value is -8.29. The van der Waals surface area contributed by atoms with E-state index >= 15 is 0 Å². The van der Waals surface area contributed by atoms with Crippen molar-refractivity contribution >= 4 is 129 Å². The molecule has 0 spiro atoms. The fraction of sp³-hybridized carbons (Fsp3) is 0.386. The molecular weight excluding hydrogens is 1110 g/mol. The number of hydrogen-bond donors (Lipinski definition) is 11. The smallest absolute Gasteiger partial charge is 0.305 e. The van der Waals surface area contributed by atoms with Crippen LogP contribution in [-0.4, -0.2) is 124 Å². The molecule has 3 aromatic carbocycles. The molecule has 0 bridgehead atoms. The average molecular weight is 1180 g/mol. The Morgan fingerprint density at radius 1 is 0.500 bits per heavy atom. The highest BCUT2D eigenvalue weighted by atomic mass is 32.1. The lowest BCUT2D eigenvalue weighted by atomic mass is 9.98. The molecule has 0 saturated heterocycles. The second kappa shape index (κ2) is 29.4. The van der Waals surface area contributed by atoms with E-state index in [1.54, 1.807) is 32.9 Å². The number of primary amides is 1. The van der Waals surface area contributed by atoms with Gasteiger partial charge in [0.2, 0.25) is 53.2 Å². The minimum atomic E-state index is -1.92. The van der Waals surface area contributed by atoms with E-state index in [4.69, 9.17) is 5.73 Å². The molecule has 8 atom stereocenters. The standard InChI is InChI=1S/C57H67N9O13S3/c1-6-30(4)50(51(58)73)66-55(77)40(25-36-22-33-14-8-11-17-44(33)81-36)61-46(68)28-59-57(79)49(29(2)3)65-56(78)41(26-37-23-34-15-9-12-18-45(34)82-37)63-54(76)42(27-48(71)72)64-52(74)38(19-20-47(69)70)62-53(75)39(60-31(5)67)24-35-21-32-13-7-10-16-43(32)80-35/h7-18,21-23,29-30,38-42,49-50H,6,19-20,24-28H2,1-5H3,(H2,58,73)(H,59,79)(H,60,67)(H,61,68)(H,62,75)(H,63,76)(H,64,74)(H,65,78)(H,66,77)(H,69,70)(H,71,72)/t30?,38-,39-,40-,41-,42-,49-,50-/m0/s1. The maximum absolute atomic E-state index is 14.5. The number of carbonyl (C=O) groups excluding carboxylic acids is 9. The van der Waals surface area contributed by atoms with Crippen LogP contribution in [0, 0.1) is 11.8 Å². The van der Waals surface area contributed by atoms with Gasteiger partial charge in [-0.3, -0.25) is 52.7 Å². The third-order valence-corrected chi connectivity index (χ3v) is 16.8. The van der Waals surface area contributed by atoms with E-state index in [0.717, 1.165) is 35.1 Å². The summed E-state index contributed by atoms with van der Waals surface area (Å²) in [6, 6.07) is 17.9. The maximum Gasteiger partial charge on any atom is 0.305 e. The molecule has 0 aliphatic carbocycles. The molecule has 12 N–H and O–H groups in total. The molecule has 0 radical (unpaired) electrons. The lowest BCUT2D eigenvalue weighted by Crippen LogP contribution is -2.60. The number of nitrogens with two attached hydrogens (primary N) is 1. The average Bonchev–Trinajstić information content (AvgIpc) is 4.20. The zero-order valence-electron chi connectivity index (χ0n) is 45.7. The van der Waals surface area contributed by atoms with Crippen molar-refractivity contribution in [2.24, 2.45) is 17.6 Å². The van der Waals surface area contributed by atoms with Gasteiger partial charge in [-0.2, -0.15) is 0 Å². The first-order valence-corrected chi connectivity index (χ1v) is 28.9. The van der Waals surface area contributed by atoms with Gasteiger partial charge in [-0.1, -0.05) is 88.7 Å². The van der Waals surface area contributed by atoms with Gasteiger partial charge in [0.1, 0.15) is 42.3 Å². The van der Waals surface area contributed by atoms with E-state index in [-0.39, 0.29) is 25.2 Å². The quantitative estimate of drug-likeness (QED) is 0.0308. The minimum absolute atomic E-state index is 0.00523. The number of hydrogen-bond acceptors (Lipinski definition) is 14. The number of carboxylic acid groups (broad SMARTS) is 2. The van der Waals surface area contributed by atoms with Crippen LogP contribution in [-0.2, 0) is 72.0 Å². The van der Waals surface area contributed by atoms with Crippen molar-refractivity contribution in [2.75, 3.05) is 6.54 Å². The van der Waals surface area contributed by atoms with Gasteiger partial charge in [0, 0.05) is 61.3 Å². The van der Waals surface area contributed by atoms with E-state index < -0.39 is 139 Å². The molecular formula is C57H67N9O13S3. The number of rotatable bonds is 30. The fourth-order valence-electron chi connectivity index (χ4n) is 8.92. The molecule has 436 valence electrons. The number of carbonyl (C=O) groups is 11. The molecule has 0 aliphatic heterocycles. The van der Waals surface area contributed by atoms with E-state index in [1.807, 2.05) is 85.8 Å². The summed E-state index contributed by atoms with van der Waals surface area (Å²) in [5.41, 5.74) is 5.65. The Morgan fingerprint density at radius 2 is 0.902 bits per heavy atom. The summed E-state index contributed by atoms with van der Waals surface area (Å²) >= 11 is 4.09. The summed E-state index contributed by atoms with van der Waals surface area (Å²) in [7, 11) is 0. The molecule has 82 heavy (non-hydrogen) atoms. The van der Waals surface area contributed by atoms with Crippen molar-refractivity contribution in [3.63, 3.8) is 0 Å². The molecule has 6 aromatic rings. The first-order chi connectivity index (χ1) is 39.0. The van der Waals surface area contributed by atoms with Crippen LogP contribution < -0.4 is 48.3 Å². The zero-order chi connectivity index (χ0) is 59.8. The third-order valence-electron chi connectivity index (χ3n) is 13.4. The van der Waals surface area contributed by atoms with E-state index in [9.17, 15) is 63.0 Å². The van der Waals surface area contributed by atoms with E-state index in [2.05, 4.69) is 42.5 Å². The number of amides is 9. The van der Waals surface area contributed by atoms with Crippen molar-refractivity contribution in [3.05, 3.63) is 106 Å². The SMILES string of the molecule is CCC(C)[C@H](NC(=O)[C@H](Cc1cc2ccccc2s1)NC(=O)CNC(=O)[C@@H](NC(=O)[C@H](Cc1cc2ccccc2s1)NC(=O)[C@H](CC(=O)O)NC(=O)[C@H](CCC(=O)O)NC(=O)[C@H](Cc1cc2ccccc2s1)NC(C)=O)C(C)C)C(N)=O. The predicted molar refractivity (Wildman–Crippen MR) is 311 cm³/mol. The normalized spacial score (nSPS) is 14.2. The number of fused-ring (bicyclic) bond motifs is 3. The molecule has 25 heteroatoms. The van der Waals surface area contributed by atoms with Gasteiger partial charge in [-0.05, 0) is 70.8 Å². The summed E-state index contributed by atoms with van der Waals surface area (Å²) < 4.78 is 2.70. The number of carboxylic acids is 2. The summed E-state index contributed by atoms with van der Waals surface area (Å²) in [6.45, 7) is 7.34. The van der Waals surface area contributed by atoms with Crippen LogP contribution in [0.2, 0.25) is 0 Å². The Morgan fingerprint density at radius 3 is 1.33 bits per heavy atom. The van der Waals surface area contributed by atoms with Crippen LogP contribution in [0.15, 0.2) is 91.0 Å². The third kappa shape index (κ3) is 18.1. The minimum Gasteiger partial charge on any atom is -0.481 e. The van der Waals surface area contributed by atoms with E-state index in [1.165, 1.54) is 40.9 Å². The van der Waals surface area contributed by atoms with Crippen LogP contribution in [0.1, 0.15) is 74.9 Å². The Kier molecular flexibility index (Phi) is 22.6. The maximum atomic E-state index is 14.5. The van der Waals surface area contributed by atoms with Gasteiger partial charge < -0.3 is 58.5 Å². The van der Waals surface area contributed by atoms with Crippen LogP contribution >= 0.6 is 34.0 Å². The number of aliphatic carboxylic acids is 2. The second-order valence-corrected chi connectivity index (χ2v) is 23.7. The molecule has 1 unspecified atom stereocenters. The first-order valence-electron chi connectivity index (χ1n) is 26.5. The second-order valence-electron chi connectivity index (χ2n) is 20.2. The molecule has 22 nitrogen and oxygen atoms in total. The van der Waals surface area contributed by atoms with Gasteiger partial charge in [-0.25, -0.2) is 0 Å². The highest BCUT2D eigenvalue weighted by Gasteiger charge is 2.36. The highest BCUT2D eigenvalue weighted by molar-refractivity contribution is 7.19. The number of benzene rings is 3. The topological polar surface area (TPSA) is 350 Å². The summed E-state index contributed by atoms with van der Waals surface area (Å²) in [5.74, 6) is -11.6. The lowest BCUT2D eigenvalue weighted by molar-refractivity contribution is -0.141. The lowest BCUT2D eigenvalue weighted by Gasteiger charge is -2.27. The fourth-order valence-corrected chi connectivity index (χ4v) is 12.3. The van der Waals surface area contributed by atoms with E-state index in [0.29, 0.717) is 16.2 Å². The van der Waals surface area contributed by atoms with Crippen LogP contribution in [0.5, 0.6) is 0 Å². The summed E-state index contributed by atoms with van der Waals surface area (Å²) in [5, 5.41) is 42.6. The Labute approximate surface area is 484 Å². The monoisotopic (exact) mass is 1180 g/mol. The van der Waals surface area contributed by atoms with Gasteiger partial charge in [0.25, 0.3) is 0 Å². The summed E-state index contributed by atoms with van der Waals surface area (Å²) in [4.78, 5) is 149. The van der Waals surface area contributed by atoms with Gasteiger partial charge >= 0.3 is 11.9 Å². The van der Waals surface area contributed by atoms with Crippen LogP contribution in [0.4, 0.5) is 0 Å².